The molecule has 0 heterocycles. The van der Waals surface area contributed by atoms with Gasteiger partial charge in [0.15, 0.2) is 0 Å². The van der Waals surface area contributed by atoms with Crippen molar-refractivity contribution < 1.29 is 18.3 Å². The predicted molar refractivity (Wildman–Crippen MR) is 110 cm³/mol. The minimum Gasteiger partial charge on any atom is -0.478 e. The minimum absolute atomic E-state index is 0.188. The zero-order valence-electron chi connectivity index (χ0n) is 15.7. The zero-order chi connectivity index (χ0) is 20.5. The molecule has 0 fully saturated rings. The van der Waals surface area contributed by atoms with Crippen molar-refractivity contribution in [2.75, 3.05) is 0 Å². The van der Waals surface area contributed by atoms with Gasteiger partial charge in [0.25, 0.3) is 0 Å². The van der Waals surface area contributed by atoms with Gasteiger partial charge >= 0.3 is 5.97 Å². The number of hydrogen-bond donors (Lipinski definition) is 2. The lowest BCUT2D eigenvalue weighted by molar-refractivity contribution is -0.131. The maximum atomic E-state index is 12.7. The molecule has 0 saturated heterocycles. The topological polar surface area (TPSA) is 83.5 Å². The van der Waals surface area contributed by atoms with Crippen molar-refractivity contribution in [1.29, 1.82) is 0 Å². The van der Waals surface area contributed by atoms with Crippen LogP contribution in [0.2, 0.25) is 5.02 Å². The molecule has 0 radical (unpaired) electrons. The highest BCUT2D eigenvalue weighted by atomic mass is 35.5. The highest BCUT2D eigenvalue weighted by Gasteiger charge is 2.26. The highest BCUT2D eigenvalue weighted by Crippen LogP contribution is 2.31. The van der Waals surface area contributed by atoms with Gasteiger partial charge in [-0.05, 0) is 91.3 Å². The molecule has 0 spiro atoms. The lowest BCUT2D eigenvalue weighted by Crippen LogP contribution is -2.39. The van der Waals surface area contributed by atoms with E-state index in [1.807, 2.05) is 13.8 Å². The van der Waals surface area contributed by atoms with Crippen LogP contribution in [0.4, 0.5) is 0 Å². The second kappa shape index (κ2) is 8.07. The Balaban J connectivity index is 1.86. The molecule has 1 unspecified atom stereocenters. The molecule has 1 aliphatic carbocycles. The van der Waals surface area contributed by atoms with E-state index in [0.717, 1.165) is 33.9 Å². The number of aliphatic carboxylic acids is 1. The summed E-state index contributed by atoms with van der Waals surface area (Å²) in [4.78, 5) is 11.1. The Morgan fingerprint density at radius 3 is 2.57 bits per heavy atom. The van der Waals surface area contributed by atoms with Crippen LogP contribution in [-0.4, -0.2) is 25.5 Å². The summed E-state index contributed by atoms with van der Waals surface area (Å²) in [5.41, 5.74) is 5.20. The maximum absolute atomic E-state index is 12.7. The van der Waals surface area contributed by atoms with E-state index >= 15 is 0 Å². The van der Waals surface area contributed by atoms with Crippen molar-refractivity contribution in [3.63, 3.8) is 0 Å². The highest BCUT2D eigenvalue weighted by molar-refractivity contribution is 7.89. The fourth-order valence-electron chi connectivity index (χ4n) is 3.61. The van der Waals surface area contributed by atoms with E-state index in [1.165, 1.54) is 12.1 Å². The molecular formula is C21H22ClNO4S. The number of aryl methyl sites for hydroxylation is 1. The van der Waals surface area contributed by atoms with E-state index in [-0.39, 0.29) is 10.9 Å². The first-order valence-corrected chi connectivity index (χ1v) is 10.8. The molecule has 1 atom stereocenters. The summed E-state index contributed by atoms with van der Waals surface area (Å²) < 4.78 is 28.1. The summed E-state index contributed by atoms with van der Waals surface area (Å²) in [5.74, 6) is -0.987. The van der Waals surface area contributed by atoms with E-state index in [9.17, 15) is 13.2 Å². The second-order valence-corrected chi connectivity index (χ2v) is 9.21. The molecule has 7 heteroatoms. The van der Waals surface area contributed by atoms with Crippen LogP contribution in [0.5, 0.6) is 0 Å². The molecule has 0 bridgehead atoms. The smallest absolute Gasteiger partial charge is 0.328 e. The SMILES string of the molecule is Cc1cc2c(c(/C=C/C(=O)O)c1C)CCC(NS(=O)(=O)c1ccc(Cl)cc1)C2. The predicted octanol–water partition coefficient (Wildman–Crippen LogP) is 3.89. The van der Waals surface area contributed by atoms with Crippen LogP contribution in [0.3, 0.4) is 0 Å². The van der Waals surface area contributed by atoms with Crippen LogP contribution >= 0.6 is 11.6 Å². The van der Waals surface area contributed by atoms with E-state index in [0.29, 0.717) is 24.3 Å². The standard InChI is InChI=1S/C21H22ClNO4S/c1-13-11-15-12-17(23-28(26,27)18-6-3-16(22)4-7-18)5-8-20(15)19(14(13)2)9-10-21(24)25/h3-4,6-7,9-11,17,23H,5,8,12H2,1-2H3,(H,24,25)/b10-9+. The average molecular weight is 420 g/mol. The van der Waals surface area contributed by atoms with Crippen molar-refractivity contribution in [3.05, 3.63) is 69.2 Å². The molecule has 2 N–H and O–H groups in total. The number of sulfonamides is 1. The third kappa shape index (κ3) is 4.46. The fourth-order valence-corrected chi connectivity index (χ4v) is 5.01. The number of nitrogens with one attached hydrogen (secondary N) is 1. The van der Waals surface area contributed by atoms with Crippen LogP contribution in [0.25, 0.3) is 6.08 Å². The number of carboxylic acid groups (broad SMARTS) is 1. The summed E-state index contributed by atoms with van der Waals surface area (Å²) in [5, 5.41) is 9.45. The lowest BCUT2D eigenvalue weighted by atomic mass is 9.82. The molecule has 28 heavy (non-hydrogen) atoms. The average Bonchev–Trinajstić information content (AvgIpc) is 2.62. The van der Waals surface area contributed by atoms with Crippen molar-refractivity contribution in [2.45, 2.75) is 44.0 Å². The largest absolute Gasteiger partial charge is 0.478 e. The Kier molecular flexibility index (Phi) is 5.93. The van der Waals surface area contributed by atoms with Crippen molar-refractivity contribution in [2.24, 2.45) is 0 Å². The number of rotatable bonds is 5. The van der Waals surface area contributed by atoms with Gasteiger partial charge in [0, 0.05) is 17.1 Å². The van der Waals surface area contributed by atoms with Crippen LogP contribution < -0.4 is 4.72 Å². The molecule has 0 saturated carbocycles. The van der Waals surface area contributed by atoms with Crippen LogP contribution in [0, 0.1) is 13.8 Å². The quantitative estimate of drug-likeness (QED) is 0.720. The van der Waals surface area contributed by atoms with Gasteiger partial charge in [0.2, 0.25) is 10.0 Å². The number of halogens is 1. The fraction of sp³-hybridized carbons (Fsp3) is 0.286. The summed E-state index contributed by atoms with van der Waals surface area (Å²) in [6, 6.07) is 7.95. The maximum Gasteiger partial charge on any atom is 0.328 e. The van der Waals surface area contributed by atoms with Crippen molar-refractivity contribution in [1.82, 2.24) is 4.72 Å². The molecule has 1 aliphatic rings. The number of fused-ring (bicyclic) bond motifs is 1. The normalized spacial score (nSPS) is 16.9. The molecule has 3 rings (SSSR count). The third-order valence-electron chi connectivity index (χ3n) is 5.15. The van der Waals surface area contributed by atoms with Crippen LogP contribution in [0.15, 0.2) is 41.3 Å². The van der Waals surface area contributed by atoms with Crippen LogP contribution in [0.1, 0.15) is 34.2 Å². The Bertz CT molecular complexity index is 1040. The van der Waals surface area contributed by atoms with Gasteiger partial charge in [-0.3, -0.25) is 0 Å². The summed E-state index contributed by atoms with van der Waals surface area (Å²) in [6.45, 7) is 3.96. The number of carboxylic acids is 1. The molecule has 0 amide bonds. The zero-order valence-corrected chi connectivity index (χ0v) is 17.3. The van der Waals surface area contributed by atoms with Gasteiger partial charge in [-0.25, -0.2) is 17.9 Å². The molecule has 2 aromatic carbocycles. The first-order chi connectivity index (χ1) is 13.2. The second-order valence-electron chi connectivity index (χ2n) is 7.06. The third-order valence-corrected chi connectivity index (χ3v) is 6.93. The number of benzene rings is 2. The molecular weight excluding hydrogens is 398 g/mol. The van der Waals surface area contributed by atoms with Gasteiger partial charge in [0.05, 0.1) is 4.90 Å². The van der Waals surface area contributed by atoms with Gasteiger partial charge in [-0.2, -0.15) is 0 Å². The lowest BCUT2D eigenvalue weighted by Gasteiger charge is -2.28. The van der Waals surface area contributed by atoms with Gasteiger partial charge < -0.3 is 5.11 Å². The van der Waals surface area contributed by atoms with E-state index in [2.05, 4.69) is 10.8 Å². The Morgan fingerprint density at radius 1 is 1.25 bits per heavy atom. The Labute approximate surface area is 170 Å². The van der Waals surface area contributed by atoms with Crippen LogP contribution in [-0.2, 0) is 27.7 Å². The van der Waals surface area contributed by atoms with Gasteiger partial charge in [-0.1, -0.05) is 17.7 Å². The van der Waals surface area contributed by atoms with Gasteiger partial charge in [-0.15, -0.1) is 0 Å². The molecule has 2 aromatic rings. The van der Waals surface area contributed by atoms with Crippen molar-refractivity contribution >= 4 is 33.7 Å². The summed E-state index contributed by atoms with van der Waals surface area (Å²) in [7, 11) is -3.63. The first kappa shape index (κ1) is 20.6. The molecule has 0 aromatic heterocycles. The monoisotopic (exact) mass is 419 g/mol. The Hall–Kier alpha value is -2.15. The molecule has 0 aliphatic heterocycles. The molecule has 148 valence electrons. The summed E-state index contributed by atoms with van der Waals surface area (Å²) in [6.07, 6.45) is 4.69. The first-order valence-electron chi connectivity index (χ1n) is 8.98. The van der Waals surface area contributed by atoms with Gasteiger partial charge in [0.1, 0.15) is 0 Å². The van der Waals surface area contributed by atoms with E-state index in [4.69, 9.17) is 16.7 Å². The van der Waals surface area contributed by atoms with E-state index < -0.39 is 16.0 Å². The van der Waals surface area contributed by atoms with E-state index in [1.54, 1.807) is 18.2 Å². The minimum atomic E-state index is -3.63. The number of hydrogen-bond acceptors (Lipinski definition) is 3. The Morgan fingerprint density at radius 2 is 1.93 bits per heavy atom. The van der Waals surface area contributed by atoms with Crippen molar-refractivity contribution in [3.8, 4) is 0 Å². The number of carbonyl (C=O) groups is 1. The molecule has 5 nitrogen and oxygen atoms in total. The summed E-state index contributed by atoms with van der Waals surface area (Å²) >= 11 is 5.84.